The van der Waals surface area contributed by atoms with Gasteiger partial charge in [0.25, 0.3) is 0 Å². The molecule has 1 N–H and O–H groups in total. The number of para-hydroxylation sites is 2. The van der Waals surface area contributed by atoms with Crippen LogP contribution in [0.4, 0.5) is 0 Å². The van der Waals surface area contributed by atoms with Crippen LogP contribution in [0.1, 0.15) is 18.5 Å². The summed E-state index contributed by atoms with van der Waals surface area (Å²) >= 11 is 0. The fraction of sp³-hybridized carbons (Fsp3) is 0.211. The predicted molar refractivity (Wildman–Crippen MR) is 97.1 cm³/mol. The summed E-state index contributed by atoms with van der Waals surface area (Å²) in [4.78, 5) is 17.3. The standard InChI is InChI=1S/C19H19N5O2/c1-14(15-7-9-16(10-8-15)24-12-20-11-21-24)22(2)13-23-17-5-3-4-6-18(17)26-19(23)25/h3-12,14H,13H2,1-2H3/p+1/t14-/m0/s1. The number of oxazole rings is 1. The molecule has 0 radical (unpaired) electrons. The van der Waals surface area contributed by atoms with Gasteiger partial charge in [-0.3, -0.25) is 0 Å². The van der Waals surface area contributed by atoms with Crippen molar-refractivity contribution in [2.24, 2.45) is 0 Å². The van der Waals surface area contributed by atoms with Gasteiger partial charge in [-0.15, -0.1) is 0 Å². The van der Waals surface area contributed by atoms with Crippen LogP contribution in [-0.2, 0) is 6.67 Å². The Balaban J connectivity index is 1.55. The summed E-state index contributed by atoms with van der Waals surface area (Å²) in [6.45, 7) is 2.68. The zero-order valence-electron chi connectivity index (χ0n) is 14.7. The molecule has 2 heterocycles. The van der Waals surface area contributed by atoms with Gasteiger partial charge in [0.15, 0.2) is 12.3 Å². The maximum absolute atomic E-state index is 12.2. The lowest BCUT2D eigenvalue weighted by Gasteiger charge is -2.22. The van der Waals surface area contributed by atoms with Crippen molar-refractivity contribution in [1.82, 2.24) is 19.3 Å². The third-order valence-electron chi connectivity index (χ3n) is 4.80. The summed E-state index contributed by atoms with van der Waals surface area (Å²) in [6.07, 6.45) is 3.19. The van der Waals surface area contributed by atoms with E-state index in [4.69, 9.17) is 4.42 Å². The second-order valence-electron chi connectivity index (χ2n) is 6.42. The summed E-state index contributed by atoms with van der Waals surface area (Å²) in [5.74, 6) is -0.320. The molecule has 0 aliphatic heterocycles. The number of benzene rings is 2. The molecule has 7 nitrogen and oxygen atoms in total. The van der Waals surface area contributed by atoms with Crippen LogP contribution >= 0.6 is 0 Å². The second kappa shape index (κ2) is 6.61. The van der Waals surface area contributed by atoms with Crippen LogP contribution in [0.2, 0.25) is 0 Å². The minimum atomic E-state index is -0.320. The zero-order valence-corrected chi connectivity index (χ0v) is 14.7. The molecule has 0 saturated carbocycles. The van der Waals surface area contributed by atoms with E-state index < -0.39 is 0 Å². The molecule has 132 valence electrons. The van der Waals surface area contributed by atoms with Gasteiger partial charge in [0, 0.05) is 5.56 Å². The zero-order chi connectivity index (χ0) is 18.1. The predicted octanol–water partition coefficient (Wildman–Crippen LogP) is 1.41. The second-order valence-corrected chi connectivity index (χ2v) is 6.42. The molecule has 4 aromatic rings. The Morgan fingerprint density at radius 3 is 2.65 bits per heavy atom. The van der Waals surface area contributed by atoms with Gasteiger partial charge in [0.2, 0.25) is 0 Å². The highest BCUT2D eigenvalue weighted by molar-refractivity contribution is 5.72. The van der Waals surface area contributed by atoms with E-state index in [1.807, 2.05) is 36.4 Å². The minimum absolute atomic E-state index is 0.209. The highest BCUT2D eigenvalue weighted by Gasteiger charge is 2.19. The van der Waals surface area contributed by atoms with E-state index >= 15 is 0 Å². The van der Waals surface area contributed by atoms with Crippen LogP contribution in [0.3, 0.4) is 0 Å². The molecule has 0 saturated heterocycles. The van der Waals surface area contributed by atoms with Crippen molar-refractivity contribution in [2.75, 3.05) is 7.05 Å². The normalized spacial score (nSPS) is 13.8. The van der Waals surface area contributed by atoms with Crippen molar-refractivity contribution >= 4 is 11.1 Å². The van der Waals surface area contributed by atoms with Gasteiger partial charge >= 0.3 is 5.76 Å². The Hall–Kier alpha value is -3.19. The lowest BCUT2D eigenvalue weighted by molar-refractivity contribution is -0.932. The van der Waals surface area contributed by atoms with Crippen LogP contribution < -0.4 is 10.7 Å². The van der Waals surface area contributed by atoms with Gasteiger partial charge in [0.05, 0.1) is 18.3 Å². The van der Waals surface area contributed by atoms with Crippen molar-refractivity contribution in [3.05, 3.63) is 77.3 Å². The van der Waals surface area contributed by atoms with Crippen molar-refractivity contribution in [3.63, 3.8) is 0 Å². The fourth-order valence-corrected chi connectivity index (χ4v) is 3.09. The van der Waals surface area contributed by atoms with Crippen LogP contribution in [-0.4, -0.2) is 26.4 Å². The lowest BCUT2D eigenvalue weighted by atomic mass is 10.1. The van der Waals surface area contributed by atoms with Gasteiger partial charge < -0.3 is 9.32 Å². The molecule has 0 amide bonds. The van der Waals surface area contributed by atoms with E-state index in [9.17, 15) is 4.79 Å². The maximum Gasteiger partial charge on any atom is 0.424 e. The van der Waals surface area contributed by atoms with E-state index in [0.29, 0.717) is 12.3 Å². The Morgan fingerprint density at radius 2 is 1.92 bits per heavy atom. The topological polar surface area (TPSA) is 70.3 Å². The molecule has 0 aliphatic rings. The number of nitrogens with zero attached hydrogens (tertiary/aromatic N) is 4. The largest absolute Gasteiger partial charge is 0.424 e. The van der Waals surface area contributed by atoms with E-state index in [0.717, 1.165) is 11.2 Å². The average Bonchev–Trinajstić information content (AvgIpc) is 3.30. The van der Waals surface area contributed by atoms with Crippen molar-refractivity contribution in [1.29, 1.82) is 0 Å². The van der Waals surface area contributed by atoms with E-state index in [-0.39, 0.29) is 11.8 Å². The number of nitrogens with one attached hydrogen (secondary N) is 1. The summed E-state index contributed by atoms with van der Waals surface area (Å²) < 4.78 is 8.73. The molecule has 0 spiro atoms. The van der Waals surface area contributed by atoms with E-state index in [1.165, 1.54) is 16.8 Å². The molecule has 4 rings (SSSR count). The molecule has 1 unspecified atom stereocenters. The number of rotatable bonds is 5. The first-order chi connectivity index (χ1) is 12.6. The van der Waals surface area contributed by atoms with Crippen molar-refractivity contribution in [2.45, 2.75) is 19.6 Å². The quantitative estimate of drug-likeness (QED) is 0.591. The Kier molecular flexibility index (Phi) is 4.14. The van der Waals surface area contributed by atoms with Gasteiger partial charge in [-0.1, -0.05) is 24.3 Å². The third-order valence-corrected chi connectivity index (χ3v) is 4.80. The minimum Gasteiger partial charge on any atom is -0.408 e. The SMILES string of the molecule is C[C@@H](c1ccc(-n2cncn2)cc1)[NH+](C)Cn1c(=O)oc2ccccc21. The van der Waals surface area contributed by atoms with Gasteiger partial charge in [-0.25, -0.2) is 19.0 Å². The number of quaternary nitrogens is 1. The Morgan fingerprint density at radius 1 is 1.15 bits per heavy atom. The van der Waals surface area contributed by atoms with Crippen LogP contribution in [0, 0.1) is 0 Å². The van der Waals surface area contributed by atoms with E-state index in [1.54, 1.807) is 15.6 Å². The molecule has 26 heavy (non-hydrogen) atoms. The summed E-state index contributed by atoms with van der Waals surface area (Å²) in [6, 6.07) is 15.9. The smallest absolute Gasteiger partial charge is 0.408 e. The third kappa shape index (κ3) is 2.93. The highest BCUT2D eigenvalue weighted by Crippen LogP contribution is 2.14. The van der Waals surface area contributed by atoms with Crippen LogP contribution in [0.25, 0.3) is 16.8 Å². The molecule has 0 fully saturated rings. The number of fused-ring (bicyclic) bond motifs is 1. The molecule has 2 aromatic carbocycles. The molecule has 7 heteroatoms. The maximum atomic E-state index is 12.2. The summed E-state index contributed by atoms with van der Waals surface area (Å²) in [5, 5.41) is 4.14. The fourth-order valence-electron chi connectivity index (χ4n) is 3.09. The first kappa shape index (κ1) is 16.3. The summed E-state index contributed by atoms with van der Waals surface area (Å²) in [5.41, 5.74) is 3.60. The number of aromatic nitrogens is 4. The Bertz CT molecular complexity index is 1060. The monoisotopic (exact) mass is 350 g/mol. The number of hydrogen-bond donors (Lipinski definition) is 1. The van der Waals surface area contributed by atoms with E-state index in [2.05, 4.69) is 36.2 Å². The van der Waals surface area contributed by atoms with Crippen LogP contribution in [0.15, 0.2) is 70.4 Å². The molecule has 2 aromatic heterocycles. The lowest BCUT2D eigenvalue weighted by Crippen LogP contribution is -3.08. The first-order valence-electron chi connectivity index (χ1n) is 8.49. The molecular weight excluding hydrogens is 330 g/mol. The highest BCUT2D eigenvalue weighted by atomic mass is 16.4. The van der Waals surface area contributed by atoms with Gasteiger partial charge in [-0.2, -0.15) is 5.10 Å². The molecule has 2 atom stereocenters. The number of hydrogen-bond acceptors (Lipinski definition) is 4. The van der Waals surface area contributed by atoms with Gasteiger partial charge in [-0.05, 0) is 31.2 Å². The Labute approximate surface area is 150 Å². The molecular formula is C19H20N5O2+. The average molecular weight is 350 g/mol. The van der Waals surface area contributed by atoms with Crippen LogP contribution in [0.5, 0.6) is 0 Å². The molecule has 0 bridgehead atoms. The first-order valence-corrected chi connectivity index (χ1v) is 8.49. The van der Waals surface area contributed by atoms with Crippen molar-refractivity contribution < 1.29 is 9.32 Å². The van der Waals surface area contributed by atoms with Gasteiger partial charge in [0.1, 0.15) is 18.7 Å². The summed E-state index contributed by atoms with van der Waals surface area (Å²) in [7, 11) is 2.07. The molecule has 0 aliphatic carbocycles. The van der Waals surface area contributed by atoms with Crippen molar-refractivity contribution in [3.8, 4) is 5.69 Å².